The van der Waals surface area contributed by atoms with Crippen LogP contribution in [0.1, 0.15) is 26.5 Å². The molecule has 1 aliphatic heterocycles. The number of halogens is 1. The van der Waals surface area contributed by atoms with Crippen LogP contribution in [-0.4, -0.2) is 17.6 Å². The van der Waals surface area contributed by atoms with Crippen molar-refractivity contribution in [1.29, 1.82) is 0 Å². The molecule has 0 N–H and O–H groups in total. The van der Waals surface area contributed by atoms with E-state index in [4.69, 9.17) is 11.6 Å². The summed E-state index contributed by atoms with van der Waals surface area (Å²) in [7, 11) is 2.08. The van der Waals surface area contributed by atoms with Gasteiger partial charge in [0.2, 0.25) is 0 Å². The predicted octanol–water partition coefficient (Wildman–Crippen LogP) is 3.37. The molecule has 0 atom stereocenters. The van der Waals surface area contributed by atoms with E-state index in [0.29, 0.717) is 5.15 Å². The summed E-state index contributed by atoms with van der Waals surface area (Å²) in [4.78, 5) is 6.59. The smallest absolute Gasteiger partial charge is 0.129 e. The Morgan fingerprint density at radius 3 is 2.67 bits per heavy atom. The van der Waals surface area contributed by atoms with Gasteiger partial charge < -0.3 is 4.90 Å². The molecule has 0 amide bonds. The number of pyridine rings is 1. The van der Waals surface area contributed by atoms with Gasteiger partial charge in [-0.05, 0) is 38.5 Å². The molecule has 2 rings (SSSR count). The largest absolute Gasteiger partial charge is 0.364 e. The van der Waals surface area contributed by atoms with Gasteiger partial charge in [0.1, 0.15) is 5.15 Å². The number of likely N-dealkylation sites (N-methyl/N-ethyl adjacent to an activating group) is 1. The van der Waals surface area contributed by atoms with E-state index in [9.17, 15) is 0 Å². The lowest BCUT2D eigenvalue weighted by Gasteiger charge is -2.39. The Balaban J connectivity index is 2.64. The molecule has 0 radical (unpaired) electrons. The molecular formula is C12H15ClN2. The molecule has 2 nitrogen and oxygen atoms in total. The highest BCUT2D eigenvalue weighted by molar-refractivity contribution is 6.29. The minimum absolute atomic E-state index is 0.0343. The summed E-state index contributed by atoms with van der Waals surface area (Å²) in [5.74, 6) is 0. The molecule has 1 aromatic rings. The van der Waals surface area contributed by atoms with E-state index in [1.807, 2.05) is 12.1 Å². The first-order valence-electron chi connectivity index (χ1n) is 5.02. The van der Waals surface area contributed by atoms with E-state index in [-0.39, 0.29) is 5.54 Å². The molecule has 0 saturated heterocycles. The summed E-state index contributed by atoms with van der Waals surface area (Å²) in [6, 6.07) is 3.87. The van der Waals surface area contributed by atoms with Crippen molar-refractivity contribution in [3.05, 3.63) is 29.1 Å². The van der Waals surface area contributed by atoms with Crippen LogP contribution < -0.4 is 4.90 Å². The zero-order valence-electron chi connectivity index (χ0n) is 9.50. The van der Waals surface area contributed by atoms with Crippen LogP contribution in [0.15, 0.2) is 18.2 Å². The lowest BCUT2D eigenvalue weighted by Crippen LogP contribution is -2.42. The number of hydrogen-bond donors (Lipinski definition) is 0. The first-order valence-corrected chi connectivity index (χ1v) is 5.40. The second-order valence-electron chi connectivity index (χ2n) is 4.54. The minimum Gasteiger partial charge on any atom is -0.364 e. The molecule has 80 valence electrons. The Kier molecular flexibility index (Phi) is 2.27. The van der Waals surface area contributed by atoms with Crippen LogP contribution in [-0.2, 0) is 0 Å². The van der Waals surface area contributed by atoms with Gasteiger partial charge >= 0.3 is 0 Å². The first kappa shape index (κ1) is 10.5. The van der Waals surface area contributed by atoms with Crippen molar-refractivity contribution >= 4 is 22.9 Å². The molecule has 0 aromatic carbocycles. The Morgan fingerprint density at radius 1 is 1.33 bits per heavy atom. The number of allylic oxidation sites excluding steroid dienone is 1. The van der Waals surface area contributed by atoms with E-state index < -0.39 is 0 Å². The standard InChI is InChI=1S/C12H15ClN2/c1-8-7-12(2,3)15(4)9-5-6-10(13)14-11(8)9/h5-7H,1-4H3. The Hall–Kier alpha value is -1.02. The summed E-state index contributed by atoms with van der Waals surface area (Å²) < 4.78 is 0. The highest BCUT2D eigenvalue weighted by atomic mass is 35.5. The number of fused-ring (bicyclic) bond motifs is 1. The Bertz CT molecular complexity index is 435. The van der Waals surface area contributed by atoms with E-state index >= 15 is 0 Å². The van der Waals surface area contributed by atoms with E-state index in [1.54, 1.807) is 0 Å². The van der Waals surface area contributed by atoms with Crippen LogP contribution in [0.4, 0.5) is 5.69 Å². The van der Waals surface area contributed by atoms with Crippen molar-refractivity contribution in [3.8, 4) is 0 Å². The molecule has 0 unspecified atom stereocenters. The molecular weight excluding hydrogens is 208 g/mol. The molecule has 0 fully saturated rings. The van der Waals surface area contributed by atoms with Crippen molar-refractivity contribution in [1.82, 2.24) is 4.98 Å². The molecule has 1 aromatic heterocycles. The molecule has 2 heterocycles. The molecule has 0 spiro atoms. The number of anilines is 1. The SMILES string of the molecule is CC1=CC(C)(C)N(C)c2ccc(Cl)nc21. The summed E-state index contributed by atoms with van der Waals surface area (Å²) in [6.45, 7) is 6.46. The van der Waals surface area contributed by atoms with Crippen molar-refractivity contribution in [2.45, 2.75) is 26.3 Å². The lowest BCUT2D eigenvalue weighted by atomic mass is 9.92. The minimum atomic E-state index is 0.0343. The molecule has 3 heteroatoms. The van der Waals surface area contributed by atoms with Crippen LogP contribution in [0.3, 0.4) is 0 Å². The van der Waals surface area contributed by atoms with E-state index in [2.05, 4.69) is 43.8 Å². The van der Waals surface area contributed by atoms with E-state index in [1.165, 1.54) is 5.57 Å². The fourth-order valence-corrected chi connectivity index (χ4v) is 2.14. The fourth-order valence-electron chi connectivity index (χ4n) is 1.99. The van der Waals surface area contributed by atoms with Gasteiger partial charge in [-0.2, -0.15) is 0 Å². The van der Waals surface area contributed by atoms with Gasteiger partial charge in [-0.25, -0.2) is 4.98 Å². The average Bonchev–Trinajstić information content (AvgIpc) is 2.14. The van der Waals surface area contributed by atoms with Gasteiger partial charge in [-0.15, -0.1) is 0 Å². The second kappa shape index (κ2) is 3.24. The normalized spacial score (nSPS) is 18.5. The van der Waals surface area contributed by atoms with Gasteiger partial charge in [0.15, 0.2) is 0 Å². The van der Waals surface area contributed by atoms with Crippen molar-refractivity contribution in [2.24, 2.45) is 0 Å². The van der Waals surface area contributed by atoms with Crippen LogP contribution in [0.2, 0.25) is 5.15 Å². The third-order valence-electron chi connectivity index (χ3n) is 3.01. The maximum atomic E-state index is 5.90. The number of hydrogen-bond acceptors (Lipinski definition) is 2. The van der Waals surface area contributed by atoms with Gasteiger partial charge in [0.05, 0.1) is 16.9 Å². The van der Waals surface area contributed by atoms with Gasteiger partial charge in [0, 0.05) is 7.05 Å². The maximum Gasteiger partial charge on any atom is 0.129 e. The maximum absolute atomic E-state index is 5.90. The van der Waals surface area contributed by atoms with Crippen LogP contribution >= 0.6 is 11.6 Å². The monoisotopic (exact) mass is 222 g/mol. The summed E-state index contributed by atoms with van der Waals surface area (Å²) >= 11 is 5.90. The molecule has 0 aliphatic carbocycles. The Morgan fingerprint density at radius 2 is 2.00 bits per heavy atom. The topological polar surface area (TPSA) is 16.1 Å². The molecule has 15 heavy (non-hydrogen) atoms. The van der Waals surface area contributed by atoms with E-state index in [0.717, 1.165) is 11.4 Å². The van der Waals surface area contributed by atoms with Gasteiger partial charge in [-0.1, -0.05) is 17.7 Å². The third kappa shape index (κ3) is 1.63. The van der Waals surface area contributed by atoms with Gasteiger partial charge in [0.25, 0.3) is 0 Å². The van der Waals surface area contributed by atoms with Gasteiger partial charge in [-0.3, -0.25) is 0 Å². The van der Waals surface area contributed by atoms with Crippen LogP contribution in [0, 0.1) is 0 Å². The fraction of sp³-hybridized carbons (Fsp3) is 0.417. The zero-order chi connectivity index (χ0) is 11.2. The van der Waals surface area contributed by atoms with Crippen molar-refractivity contribution in [3.63, 3.8) is 0 Å². The number of rotatable bonds is 0. The third-order valence-corrected chi connectivity index (χ3v) is 3.22. The van der Waals surface area contributed by atoms with Crippen LogP contribution in [0.25, 0.3) is 5.57 Å². The van der Waals surface area contributed by atoms with Crippen molar-refractivity contribution < 1.29 is 0 Å². The Labute approximate surface area is 95.6 Å². The lowest BCUT2D eigenvalue weighted by molar-refractivity contribution is 0.596. The summed E-state index contributed by atoms with van der Waals surface area (Å²) in [5, 5.41) is 0.551. The summed E-state index contributed by atoms with van der Waals surface area (Å²) in [6.07, 6.45) is 2.22. The number of nitrogens with zero attached hydrogens (tertiary/aromatic N) is 2. The highest BCUT2D eigenvalue weighted by Crippen LogP contribution is 2.36. The molecule has 1 aliphatic rings. The zero-order valence-corrected chi connectivity index (χ0v) is 10.3. The molecule has 0 bridgehead atoms. The van der Waals surface area contributed by atoms with Crippen LogP contribution in [0.5, 0.6) is 0 Å². The number of aromatic nitrogens is 1. The quantitative estimate of drug-likeness (QED) is 0.626. The second-order valence-corrected chi connectivity index (χ2v) is 4.93. The molecule has 0 saturated carbocycles. The first-order chi connectivity index (χ1) is 6.92. The predicted molar refractivity (Wildman–Crippen MR) is 65.4 cm³/mol. The highest BCUT2D eigenvalue weighted by Gasteiger charge is 2.28. The summed E-state index contributed by atoms with van der Waals surface area (Å²) in [5.41, 5.74) is 3.36. The van der Waals surface area contributed by atoms with Crippen molar-refractivity contribution in [2.75, 3.05) is 11.9 Å². The average molecular weight is 223 g/mol.